The molecule has 2 heterocycles. The number of nitrogens with two attached hydrogens (primary N) is 1. The zero-order chi connectivity index (χ0) is 13.0. The number of nitrogens with zero attached hydrogens (tertiary/aromatic N) is 3. The minimum atomic E-state index is 0. The van der Waals surface area contributed by atoms with Crippen LogP contribution in [-0.4, -0.2) is 46.9 Å². The van der Waals surface area contributed by atoms with Gasteiger partial charge in [-0.2, -0.15) is 0 Å². The van der Waals surface area contributed by atoms with E-state index in [1.54, 1.807) is 6.20 Å². The van der Waals surface area contributed by atoms with Gasteiger partial charge in [-0.25, -0.2) is 4.98 Å². The molecule has 19 heavy (non-hydrogen) atoms. The molecule has 1 aromatic rings. The molecule has 0 aromatic carbocycles. The minimum Gasteiger partial charge on any atom is -0.375 e. The van der Waals surface area contributed by atoms with Crippen molar-refractivity contribution in [2.45, 2.75) is 26.3 Å². The van der Waals surface area contributed by atoms with Gasteiger partial charge in [-0.1, -0.05) is 6.92 Å². The molecule has 1 fully saturated rings. The lowest BCUT2D eigenvalue weighted by Gasteiger charge is -2.20. The molecule has 0 bridgehead atoms. The van der Waals surface area contributed by atoms with E-state index in [1.165, 1.54) is 11.3 Å². The number of aromatic nitrogens is 1. The maximum atomic E-state index is 12.1. The number of carbonyl (C=O) groups is 1. The van der Waals surface area contributed by atoms with Crippen molar-refractivity contribution in [1.29, 1.82) is 0 Å². The number of carbonyl (C=O) groups excluding carboxylic acids is 1. The van der Waals surface area contributed by atoms with Crippen LogP contribution in [-0.2, 0) is 11.3 Å². The van der Waals surface area contributed by atoms with Crippen molar-refractivity contribution in [2.75, 3.05) is 31.9 Å². The van der Waals surface area contributed by atoms with E-state index in [2.05, 4.69) is 16.8 Å². The van der Waals surface area contributed by atoms with Gasteiger partial charge in [-0.3, -0.25) is 9.69 Å². The molecule has 0 saturated carbocycles. The molecule has 5 nitrogen and oxygen atoms in total. The number of nitrogen functional groups attached to an aromatic ring is 1. The van der Waals surface area contributed by atoms with Crippen molar-refractivity contribution in [3.05, 3.63) is 11.1 Å². The summed E-state index contributed by atoms with van der Waals surface area (Å²) in [6.07, 6.45) is 3.87. The Bertz CT molecular complexity index is 412. The van der Waals surface area contributed by atoms with Gasteiger partial charge in [0.05, 0.1) is 6.54 Å². The number of hydrogen-bond donors (Lipinski definition) is 1. The number of thiazole rings is 1. The van der Waals surface area contributed by atoms with E-state index in [1.807, 2.05) is 4.90 Å². The highest BCUT2D eigenvalue weighted by Gasteiger charge is 2.21. The van der Waals surface area contributed by atoms with E-state index >= 15 is 0 Å². The Balaban J connectivity index is 0.00000180. The van der Waals surface area contributed by atoms with Crippen molar-refractivity contribution in [3.63, 3.8) is 0 Å². The van der Waals surface area contributed by atoms with Crippen LogP contribution in [0.5, 0.6) is 0 Å². The first-order valence-electron chi connectivity index (χ1n) is 6.39. The zero-order valence-corrected chi connectivity index (χ0v) is 12.8. The van der Waals surface area contributed by atoms with Gasteiger partial charge >= 0.3 is 0 Å². The van der Waals surface area contributed by atoms with Crippen LogP contribution in [0.15, 0.2) is 6.20 Å². The van der Waals surface area contributed by atoms with E-state index in [4.69, 9.17) is 5.73 Å². The first-order valence-corrected chi connectivity index (χ1v) is 7.21. The van der Waals surface area contributed by atoms with Crippen molar-refractivity contribution in [2.24, 2.45) is 0 Å². The van der Waals surface area contributed by atoms with Crippen LogP contribution < -0.4 is 5.73 Å². The topological polar surface area (TPSA) is 62.5 Å². The van der Waals surface area contributed by atoms with Gasteiger partial charge in [-0.05, 0) is 12.8 Å². The van der Waals surface area contributed by atoms with Crippen LogP contribution in [0.2, 0.25) is 0 Å². The van der Waals surface area contributed by atoms with Gasteiger partial charge in [0.1, 0.15) is 0 Å². The summed E-state index contributed by atoms with van der Waals surface area (Å²) in [6, 6.07) is 0. The Labute approximate surface area is 124 Å². The maximum Gasteiger partial charge on any atom is 0.236 e. The Morgan fingerprint density at radius 3 is 2.89 bits per heavy atom. The Morgan fingerprint density at radius 1 is 1.47 bits per heavy atom. The number of anilines is 1. The Hall–Kier alpha value is -0.850. The molecule has 2 N–H and O–H groups in total. The van der Waals surface area contributed by atoms with Crippen LogP contribution in [0, 0.1) is 0 Å². The lowest BCUT2D eigenvalue weighted by Crippen LogP contribution is -2.36. The molecule has 0 radical (unpaired) electrons. The number of halogens is 1. The number of hydrogen-bond acceptors (Lipinski definition) is 5. The van der Waals surface area contributed by atoms with E-state index in [9.17, 15) is 4.79 Å². The maximum absolute atomic E-state index is 12.1. The molecule has 2 rings (SSSR count). The highest BCUT2D eigenvalue weighted by atomic mass is 35.5. The molecule has 1 saturated heterocycles. The summed E-state index contributed by atoms with van der Waals surface area (Å²) in [7, 11) is 0. The lowest BCUT2D eigenvalue weighted by molar-refractivity contribution is -0.131. The molecule has 0 atom stereocenters. The van der Waals surface area contributed by atoms with Crippen LogP contribution in [0.25, 0.3) is 0 Å². The summed E-state index contributed by atoms with van der Waals surface area (Å²) in [5.74, 6) is 0.242. The highest BCUT2D eigenvalue weighted by Crippen LogP contribution is 2.17. The van der Waals surface area contributed by atoms with Crippen LogP contribution in [0.3, 0.4) is 0 Å². The van der Waals surface area contributed by atoms with Gasteiger partial charge < -0.3 is 10.6 Å². The normalized spacial score (nSPS) is 17.1. The third-order valence-corrected chi connectivity index (χ3v) is 3.87. The van der Waals surface area contributed by atoms with E-state index in [0.717, 1.165) is 43.9 Å². The van der Waals surface area contributed by atoms with Crippen LogP contribution in [0.4, 0.5) is 5.13 Å². The lowest BCUT2D eigenvalue weighted by atomic mass is 10.3. The number of rotatable bonds is 4. The summed E-state index contributed by atoms with van der Waals surface area (Å²) < 4.78 is 0. The summed E-state index contributed by atoms with van der Waals surface area (Å²) >= 11 is 1.50. The molecule has 1 amide bonds. The Kier molecular flexibility index (Phi) is 6.54. The largest absolute Gasteiger partial charge is 0.375 e. The molecule has 7 heteroatoms. The van der Waals surface area contributed by atoms with E-state index in [-0.39, 0.29) is 18.3 Å². The summed E-state index contributed by atoms with van der Waals surface area (Å²) in [5.41, 5.74) is 5.62. The van der Waals surface area contributed by atoms with E-state index < -0.39 is 0 Å². The quantitative estimate of drug-likeness (QED) is 0.917. The second-order valence-electron chi connectivity index (χ2n) is 4.61. The predicted molar refractivity (Wildman–Crippen MR) is 80.5 cm³/mol. The zero-order valence-electron chi connectivity index (χ0n) is 11.2. The van der Waals surface area contributed by atoms with Crippen molar-refractivity contribution < 1.29 is 4.79 Å². The summed E-state index contributed by atoms with van der Waals surface area (Å²) in [4.78, 5) is 21.4. The van der Waals surface area contributed by atoms with Gasteiger partial charge in [0.2, 0.25) is 5.91 Å². The number of amides is 1. The fourth-order valence-electron chi connectivity index (χ4n) is 2.24. The molecule has 0 spiro atoms. The standard InChI is InChI=1S/C12H20N4OS.ClH/c1-2-4-16-6-3-5-15(9-11(16)17)8-10-7-14-12(13)18-10;/h7H,2-6,8-9H2,1H3,(H2,13,14);1H. The minimum absolute atomic E-state index is 0. The highest BCUT2D eigenvalue weighted by molar-refractivity contribution is 7.15. The van der Waals surface area contributed by atoms with Crippen molar-refractivity contribution in [3.8, 4) is 0 Å². The first kappa shape index (κ1) is 16.2. The fourth-order valence-corrected chi connectivity index (χ4v) is 2.96. The van der Waals surface area contributed by atoms with Crippen molar-refractivity contribution >= 4 is 34.8 Å². The van der Waals surface area contributed by atoms with Gasteiger partial charge in [0.15, 0.2) is 5.13 Å². The molecule has 1 aromatic heterocycles. The third kappa shape index (κ3) is 4.63. The second kappa shape index (κ2) is 7.67. The molecular formula is C12H21ClN4OS. The smallest absolute Gasteiger partial charge is 0.236 e. The first-order chi connectivity index (χ1) is 8.69. The van der Waals surface area contributed by atoms with Gasteiger partial charge in [0, 0.05) is 37.3 Å². The molecule has 108 valence electrons. The summed E-state index contributed by atoms with van der Waals surface area (Å²) in [5, 5.41) is 0.596. The SMILES string of the molecule is CCCN1CCCN(Cc2cnc(N)s2)CC1=O.Cl. The van der Waals surface area contributed by atoms with Crippen LogP contribution in [0.1, 0.15) is 24.6 Å². The van der Waals surface area contributed by atoms with Gasteiger partial charge in [-0.15, -0.1) is 23.7 Å². The molecule has 1 aliphatic rings. The summed E-state index contributed by atoms with van der Waals surface area (Å²) in [6.45, 7) is 6.12. The third-order valence-electron chi connectivity index (χ3n) is 3.06. The molecular weight excluding hydrogens is 284 g/mol. The van der Waals surface area contributed by atoms with Gasteiger partial charge in [0.25, 0.3) is 0 Å². The average Bonchev–Trinajstić information content (AvgIpc) is 2.65. The predicted octanol–water partition coefficient (Wildman–Crippen LogP) is 1.59. The molecule has 0 unspecified atom stereocenters. The molecule has 1 aliphatic heterocycles. The monoisotopic (exact) mass is 304 g/mol. The fraction of sp³-hybridized carbons (Fsp3) is 0.667. The van der Waals surface area contributed by atoms with Crippen molar-refractivity contribution in [1.82, 2.24) is 14.8 Å². The average molecular weight is 305 g/mol. The molecule has 0 aliphatic carbocycles. The Morgan fingerprint density at radius 2 is 2.26 bits per heavy atom. The van der Waals surface area contributed by atoms with E-state index in [0.29, 0.717) is 11.7 Å². The van der Waals surface area contributed by atoms with Crippen LogP contribution >= 0.6 is 23.7 Å². The second-order valence-corrected chi connectivity index (χ2v) is 5.76.